The molecule has 0 spiro atoms. The molecule has 1 saturated carbocycles. The second-order valence-electron chi connectivity index (χ2n) is 6.40. The van der Waals surface area contributed by atoms with E-state index < -0.39 is 17.1 Å². The first-order valence-corrected chi connectivity index (χ1v) is 7.38. The minimum atomic E-state index is -1.14. The summed E-state index contributed by atoms with van der Waals surface area (Å²) < 4.78 is 0. The van der Waals surface area contributed by atoms with Gasteiger partial charge in [-0.2, -0.15) is 0 Å². The van der Waals surface area contributed by atoms with Gasteiger partial charge in [-0.3, -0.25) is 0 Å². The lowest BCUT2D eigenvalue weighted by Crippen LogP contribution is -2.57. The standard InChI is InChI=1S/C14H24N2O4/c1-13(20)8-9-16(10-13)12(19)15-14(11(17)18)6-4-2-3-5-7-14/h20H,2-10H2,1H3,(H,15,19)(H,17,18). The molecule has 2 rings (SSSR count). The van der Waals surface area contributed by atoms with Gasteiger partial charge in [0, 0.05) is 6.54 Å². The maximum Gasteiger partial charge on any atom is 0.329 e. The van der Waals surface area contributed by atoms with Crippen molar-refractivity contribution in [2.45, 2.75) is 63.0 Å². The quantitative estimate of drug-likeness (QED) is 0.667. The number of hydrogen-bond donors (Lipinski definition) is 3. The number of nitrogens with one attached hydrogen (secondary N) is 1. The molecule has 1 atom stereocenters. The zero-order valence-corrected chi connectivity index (χ0v) is 12.0. The average Bonchev–Trinajstić information content (AvgIpc) is 2.60. The number of carboxylic acid groups (broad SMARTS) is 1. The number of β-amino-alcohol motifs (C(OH)–C–C–N with tert-alkyl or cyclic N) is 1. The first-order chi connectivity index (χ1) is 9.35. The monoisotopic (exact) mass is 284 g/mol. The summed E-state index contributed by atoms with van der Waals surface area (Å²) in [5.41, 5.74) is -2.00. The predicted molar refractivity (Wildman–Crippen MR) is 73.4 cm³/mol. The second-order valence-corrected chi connectivity index (χ2v) is 6.40. The number of carboxylic acids is 1. The molecule has 20 heavy (non-hydrogen) atoms. The van der Waals surface area contributed by atoms with Gasteiger partial charge >= 0.3 is 12.0 Å². The maximum atomic E-state index is 12.3. The minimum absolute atomic E-state index is 0.258. The summed E-state index contributed by atoms with van der Waals surface area (Å²) in [5.74, 6) is -0.946. The Morgan fingerprint density at radius 3 is 2.15 bits per heavy atom. The fourth-order valence-corrected chi connectivity index (χ4v) is 3.13. The minimum Gasteiger partial charge on any atom is -0.480 e. The number of amides is 2. The van der Waals surface area contributed by atoms with Gasteiger partial charge in [-0.05, 0) is 26.2 Å². The molecule has 6 nitrogen and oxygen atoms in total. The van der Waals surface area contributed by atoms with Crippen molar-refractivity contribution in [1.82, 2.24) is 10.2 Å². The van der Waals surface area contributed by atoms with Crippen LogP contribution in [-0.4, -0.2) is 51.3 Å². The third-order valence-corrected chi connectivity index (χ3v) is 4.45. The molecule has 1 unspecified atom stereocenters. The zero-order valence-electron chi connectivity index (χ0n) is 12.0. The van der Waals surface area contributed by atoms with Gasteiger partial charge in [0.15, 0.2) is 0 Å². The zero-order chi connectivity index (χ0) is 14.8. The maximum absolute atomic E-state index is 12.3. The molecule has 1 aliphatic heterocycles. The molecule has 2 amide bonds. The Labute approximate surface area is 119 Å². The molecule has 1 heterocycles. The number of rotatable bonds is 2. The van der Waals surface area contributed by atoms with E-state index in [-0.39, 0.29) is 12.6 Å². The van der Waals surface area contributed by atoms with Crippen LogP contribution in [0.1, 0.15) is 51.9 Å². The highest BCUT2D eigenvalue weighted by Gasteiger charge is 2.42. The van der Waals surface area contributed by atoms with Crippen LogP contribution in [-0.2, 0) is 4.79 Å². The molecule has 114 valence electrons. The van der Waals surface area contributed by atoms with Crippen molar-refractivity contribution >= 4 is 12.0 Å². The lowest BCUT2D eigenvalue weighted by molar-refractivity contribution is -0.145. The molecule has 0 aromatic rings. The number of hydrogen-bond acceptors (Lipinski definition) is 3. The van der Waals surface area contributed by atoms with Gasteiger partial charge in [0.05, 0.1) is 12.1 Å². The van der Waals surface area contributed by atoms with Crippen LogP contribution in [0, 0.1) is 0 Å². The van der Waals surface area contributed by atoms with Crippen LogP contribution >= 0.6 is 0 Å². The van der Waals surface area contributed by atoms with Crippen molar-refractivity contribution in [3.05, 3.63) is 0 Å². The predicted octanol–water partition coefficient (Wildman–Crippen LogP) is 1.33. The summed E-state index contributed by atoms with van der Waals surface area (Å²) >= 11 is 0. The van der Waals surface area contributed by atoms with Crippen LogP contribution in [0.4, 0.5) is 4.79 Å². The summed E-state index contributed by atoms with van der Waals surface area (Å²) in [5, 5.41) is 22.2. The molecule has 2 fully saturated rings. The van der Waals surface area contributed by atoms with E-state index in [2.05, 4.69) is 5.32 Å². The van der Waals surface area contributed by atoms with Gasteiger partial charge in [0.2, 0.25) is 0 Å². The molecular formula is C14H24N2O4. The van der Waals surface area contributed by atoms with Crippen LogP contribution in [0.3, 0.4) is 0 Å². The highest BCUT2D eigenvalue weighted by molar-refractivity contribution is 5.86. The average molecular weight is 284 g/mol. The van der Waals surface area contributed by atoms with Gasteiger partial charge in [-0.25, -0.2) is 9.59 Å². The molecule has 1 saturated heterocycles. The van der Waals surface area contributed by atoms with E-state index in [1.54, 1.807) is 6.92 Å². The van der Waals surface area contributed by atoms with E-state index in [1.807, 2.05) is 0 Å². The van der Waals surface area contributed by atoms with Gasteiger partial charge in [0.25, 0.3) is 0 Å². The Bertz CT molecular complexity index is 387. The van der Waals surface area contributed by atoms with Crippen molar-refractivity contribution in [2.75, 3.05) is 13.1 Å². The van der Waals surface area contributed by atoms with Crippen LogP contribution in [0.5, 0.6) is 0 Å². The van der Waals surface area contributed by atoms with Gasteiger partial charge in [0.1, 0.15) is 5.54 Å². The number of carbonyl (C=O) groups is 2. The van der Waals surface area contributed by atoms with Crippen molar-refractivity contribution < 1.29 is 19.8 Å². The number of nitrogens with zero attached hydrogens (tertiary/aromatic N) is 1. The fraction of sp³-hybridized carbons (Fsp3) is 0.857. The first kappa shape index (κ1) is 15.1. The van der Waals surface area contributed by atoms with Crippen molar-refractivity contribution in [3.8, 4) is 0 Å². The highest BCUT2D eigenvalue weighted by atomic mass is 16.4. The summed E-state index contributed by atoms with van der Waals surface area (Å²) in [6.45, 7) is 2.42. The van der Waals surface area contributed by atoms with Gasteiger partial charge < -0.3 is 20.4 Å². The smallest absolute Gasteiger partial charge is 0.329 e. The molecule has 3 N–H and O–H groups in total. The number of likely N-dealkylation sites (tertiary alicyclic amines) is 1. The number of urea groups is 1. The van der Waals surface area contributed by atoms with E-state index in [0.717, 1.165) is 25.7 Å². The third kappa shape index (κ3) is 3.23. The fourth-order valence-electron chi connectivity index (χ4n) is 3.13. The van der Waals surface area contributed by atoms with E-state index in [9.17, 15) is 19.8 Å². The summed E-state index contributed by atoms with van der Waals surface area (Å²) in [4.78, 5) is 25.4. The second kappa shape index (κ2) is 5.60. The van der Waals surface area contributed by atoms with Gasteiger partial charge in [-0.1, -0.05) is 25.7 Å². The lowest BCUT2D eigenvalue weighted by atomic mass is 9.90. The van der Waals surface area contributed by atoms with E-state index in [1.165, 1.54) is 4.90 Å². The molecule has 0 aromatic carbocycles. The largest absolute Gasteiger partial charge is 0.480 e. The first-order valence-electron chi connectivity index (χ1n) is 7.38. The molecular weight excluding hydrogens is 260 g/mol. The van der Waals surface area contributed by atoms with Crippen LogP contribution in [0.2, 0.25) is 0 Å². The normalized spacial score (nSPS) is 29.8. The Morgan fingerprint density at radius 1 is 1.10 bits per heavy atom. The summed E-state index contributed by atoms with van der Waals surface area (Å²) in [7, 11) is 0. The van der Waals surface area contributed by atoms with Crippen molar-refractivity contribution in [1.29, 1.82) is 0 Å². The Balaban J connectivity index is 2.04. The molecule has 6 heteroatoms. The SMILES string of the molecule is CC1(O)CCN(C(=O)NC2(C(=O)O)CCCCCC2)C1. The van der Waals surface area contributed by atoms with E-state index in [4.69, 9.17) is 0 Å². The molecule has 2 aliphatic rings. The van der Waals surface area contributed by atoms with Crippen LogP contribution in [0.15, 0.2) is 0 Å². The van der Waals surface area contributed by atoms with E-state index in [0.29, 0.717) is 25.8 Å². The van der Waals surface area contributed by atoms with Crippen LogP contribution in [0.25, 0.3) is 0 Å². The van der Waals surface area contributed by atoms with Gasteiger partial charge in [-0.15, -0.1) is 0 Å². The number of aliphatic hydroxyl groups is 1. The molecule has 1 aliphatic carbocycles. The summed E-state index contributed by atoms with van der Waals surface area (Å²) in [6, 6.07) is -0.368. The number of carbonyl (C=O) groups excluding carboxylic acids is 1. The molecule has 0 aromatic heterocycles. The van der Waals surface area contributed by atoms with E-state index >= 15 is 0 Å². The molecule has 0 radical (unpaired) electrons. The number of aliphatic carboxylic acids is 1. The van der Waals surface area contributed by atoms with Crippen molar-refractivity contribution in [2.24, 2.45) is 0 Å². The Hall–Kier alpha value is -1.30. The Morgan fingerprint density at radius 2 is 1.70 bits per heavy atom. The highest BCUT2D eigenvalue weighted by Crippen LogP contribution is 2.28. The molecule has 0 bridgehead atoms. The third-order valence-electron chi connectivity index (χ3n) is 4.45. The van der Waals surface area contributed by atoms with Crippen molar-refractivity contribution in [3.63, 3.8) is 0 Å². The Kier molecular flexibility index (Phi) is 4.22. The summed E-state index contributed by atoms with van der Waals surface area (Å²) in [6.07, 6.45) is 5.18. The lowest BCUT2D eigenvalue weighted by Gasteiger charge is -2.31. The van der Waals surface area contributed by atoms with Crippen LogP contribution < -0.4 is 5.32 Å². The topological polar surface area (TPSA) is 89.9 Å².